The van der Waals surface area contributed by atoms with Gasteiger partial charge in [0, 0.05) is 31.9 Å². The molecule has 1 amide bonds. The Kier molecular flexibility index (Phi) is 5.73. The molecule has 1 saturated heterocycles. The van der Waals surface area contributed by atoms with Crippen molar-refractivity contribution in [3.63, 3.8) is 0 Å². The lowest BCUT2D eigenvalue weighted by Gasteiger charge is -2.38. The number of hydrogen-bond donors (Lipinski definition) is 1. The Labute approximate surface area is 153 Å². The van der Waals surface area contributed by atoms with Gasteiger partial charge in [0.25, 0.3) is 0 Å². The second-order valence-electron chi connectivity index (χ2n) is 6.37. The summed E-state index contributed by atoms with van der Waals surface area (Å²) in [4.78, 5) is 16.8. The molecule has 5 nitrogen and oxygen atoms in total. The van der Waals surface area contributed by atoms with Crippen LogP contribution >= 0.6 is 0 Å². The molecule has 0 aliphatic carbocycles. The highest BCUT2D eigenvalue weighted by atomic mass is 19.1. The van der Waals surface area contributed by atoms with Crippen molar-refractivity contribution < 1.29 is 13.9 Å². The number of rotatable bonds is 5. The van der Waals surface area contributed by atoms with E-state index in [2.05, 4.69) is 15.1 Å². The number of halogens is 1. The van der Waals surface area contributed by atoms with Crippen molar-refractivity contribution in [1.29, 1.82) is 0 Å². The smallest absolute Gasteiger partial charge is 0.241 e. The molecular formula is C20H24FN3O2. The number of para-hydroxylation sites is 1. The third kappa shape index (κ3) is 4.14. The minimum atomic E-state index is -0.419. The number of nitrogens with one attached hydrogen (secondary N) is 1. The highest BCUT2D eigenvalue weighted by Gasteiger charge is 2.26. The molecule has 0 aromatic heterocycles. The lowest BCUT2D eigenvalue weighted by atomic mass is 10.2. The van der Waals surface area contributed by atoms with Gasteiger partial charge in [-0.1, -0.05) is 12.1 Å². The first-order chi connectivity index (χ1) is 12.6. The van der Waals surface area contributed by atoms with Crippen LogP contribution in [-0.4, -0.2) is 50.1 Å². The molecular weight excluding hydrogens is 333 g/mol. The van der Waals surface area contributed by atoms with Crippen LogP contribution in [0.3, 0.4) is 0 Å². The standard InChI is InChI=1S/C20H24FN3O2/c1-15(20(25)22-19-6-4-3-5-18(19)21)23-11-13-24(14-12-23)16-7-9-17(26-2)10-8-16/h3-10,15H,11-14H2,1-2H3,(H,22,25). The number of nitrogens with zero attached hydrogens (tertiary/aromatic N) is 2. The predicted octanol–water partition coefficient (Wildman–Crippen LogP) is 2.98. The number of piperazine rings is 1. The monoisotopic (exact) mass is 357 g/mol. The maximum Gasteiger partial charge on any atom is 0.241 e. The second kappa shape index (κ2) is 8.19. The molecule has 6 heteroatoms. The molecule has 138 valence electrons. The molecule has 1 aliphatic rings. The summed E-state index contributed by atoms with van der Waals surface area (Å²) in [5, 5.41) is 2.68. The lowest BCUT2D eigenvalue weighted by molar-refractivity contribution is -0.120. The number of methoxy groups -OCH3 is 1. The van der Waals surface area contributed by atoms with Gasteiger partial charge in [-0.15, -0.1) is 0 Å². The van der Waals surface area contributed by atoms with Gasteiger partial charge < -0.3 is 15.0 Å². The fourth-order valence-corrected chi connectivity index (χ4v) is 3.13. The van der Waals surface area contributed by atoms with Gasteiger partial charge in [-0.2, -0.15) is 0 Å². The topological polar surface area (TPSA) is 44.8 Å². The van der Waals surface area contributed by atoms with Crippen LogP contribution in [0.25, 0.3) is 0 Å². The molecule has 0 radical (unpaired) electrons. The molecule has 0 saturated carbocycles. The summed E-state index contributed by atoms with van der Waals surface area (Å²) >= 11 is 0. The Morgan fingerprint density at radius 3 is 2.35 bits per heavy atom. The number of benzene rings is 2. The maximum absolute atomic E-state index is 13.7. The summed E-state index contributed by atoms with van der Waals surface area (Å²) in [6, 6.07) is 13.9. The summed E-state index contributed by atoms with van der Waals surface area (Å²) in [7, 11) is 1.65. The number of ether oxygens (including phenoxy) is 1. The van der Waals surface area contributed by atoms with E-state index in [9.17, 15) is 9.18 Å². The highest BCUT2D eigenvalue weighted by Crippen LogP contribution is 2.21. The predicted molar refractivity (Wildman–Crippen MR) is 101 cm³/mol. The van der Waals surface area contributed by atoms with Crippen molar-refractivity contribution in [1.82, 2.24) is 4.90 Å². The number of amides is 1. The number of anilines is 2. The van der Waals surface area contributed by atoms with Crippen molar-refractivity contribution in [2.24, 2.45) is 0 Å². The lowest BCUT2D eigenvalue weighted by Crippen LogP contribution is -2.52. The van der Waals surface area contributed by atoms with Gasteiger partial charge in [-0.05, 0) is 43.3 Å². The molecule has 1 unspecified atom stereocenters. The van der Waals surface area contributed by atoms with E-state index in [0.717, 1.165) is 37.6 Å². The molecule has 1 heterocycles. The minimum Gasteiger partial charge on any atom is -0.497 e. The van der Waals surface area contributed by atoms with Crippen molar-refractivity contribution in [2.75, 3.05) is 43.5 Å². The summed E-state index contributed by atoms with van der Waals surface area (Å²) in [5.74, 6) is 0.233. The average Bonchev–Trinajstić information content (AvgIpc) is 2.69. The van der Waals surface area contributed by atoms with Crippen molar-refractivity contribution in [3.05, 3.63) is 54.3 Å². The summed E-state index contributed by atoms with van der Waals surface area (Å²) in [6.07, 6.45) is 0. The van der Waals surface area contributed by atoms with Crippen molar-refractivity contribution >= 4 is 17.3 Å². The third-order valence-corrected chi connectivity index (χ3v) is 4.81. The molecule has 0 spiro atoms. The first-order valence-corrected chi connectivity index (χ1v) is 8.77. The van der Waals surface area contributed by atoms with Gasteiger partial charge >= 0.3 is 0 Å². The normalized spacial score (nSPS) is 16.2. The number of carbonyl (C=O) groups excluding carboxylic acids is 1. The number of hydrogen-bond acceptors (Lipinski definition) is 4. The third-order valence-electron chi connectivity index (χ3n) is 4.81. The Balaban J connectivity index is 1.55. The fourth-order valence-electron chi connectivity index (χ4n) is 3.13. The Morgan fingerprint density at radius 2 is 1.73 bits per heavy atom. The van der Waals surface area contributed by atoms with Gasteiger partial charge in [0.15, 0.2) is 0 Å². The van der Waals surface area contributed by atoms with E-state index >= 15 is 0 Å². The fraction of sp³-hybridized carbons (Fsp3) is 0.350. The molecule has 26 heavy (non-hydrogen) atoms. The van der Waals surface area contributed by atoms with Crippen LogP contribution in [0.2, 0.25) is 0 Å². The van der Waals surface area contributed by atoms with Crippen LogP contribution in [0.1, 0.15) is 6.92 Å². The molecule has 0 bridgehead atoms. The molecule has 1 atom stereocenters. The van der Waals surface area contributed by atoms with E-state index < -0.39 is 5.82 Å². The molecule has 3 rings (SSSR count). The quantitative estimate of drug-likeness (QED) is 0.894. The van der Waals surface area contributed by atoms with E-state index in [-0.39, 0.29) is 17.6 Å². The van der Waals surface area contributed by atoms with Crippen LogP contribution in [-0.2, 0) is 4.79 Å². The van der Waals surface area contributed by atoms with E-state index in [0.29, 0.717) is 0 Å². The second-order valence-corrected chi connectivity index (χ2v) is 6.37. The summed E-state index contributed by atoms with van der Waals surface area (Å²) in [5.41, 5.74) is 1.37. The molecule has 2 aromatic rings. The van der Waals surface area contributed by atoms with Crippen molar-refractivity contribution in [2.45, 2.75) is 13.0 Å². The van der Waals surface area contributed by atoms with E-state index in [1.54, 1.807) is 25.3 Å². The first-order valence-electron chi connectivity index (χ1n) is 8.77. The average molecular weight is 357 g/mol. The number of carbonyl (C=O) groups is 1. The molecule has 1 N–H and O–H groups in total. The van der Waals surface area contributed by atoms with Crippen LogP contribution in [0.4, 0.5) is 15.8 Å². The SMILES string of the molecule is COc1ccc(N2CCN(C(C)C(=O)Nc3ccccc3F)CC2)cc1. The summed E-state index contributed by atoms with van der Waals surface area (Å²) in [6.45, 7) is 5.09. The van der Waals surface area contributed by atoms with Crippen LogP contribution in [0.5, 0.6) is 5.75 Å². The molecule has 2 aromatic carbocycles. The van der Waals surface area contributed by atoms with Gasteiger partial charge in [-0.25, -0.2) is 4.39 Å². The summed E-state index contributed by atoms with van der Waals surface area (Å²) < 4.78 is 18.9. The zero-order valence-electron chi connectivity index (χ0n) is 15.1. The minimum absolute atomic E-state index is 0.187. The molecule has 1 fully saturated rings. The van der Waals surface area contributed by atoms with Gasteiger partial charge in [0.2, 0.25) is 5.91 Å². The van der Waals surface area contributed by atoms with E-state index in [4.69, 9.17) is 4.74 Å². The Bertz CT molecular complexity index is 743. The molecule has 1 aliphatic heterocycles. The Hall–Kier alpha value is -2.60. The van der Waals surface area contributed by atoms with E-state index in [1.807, 2.05) is 31.2 Å². The first kappa shape index (κ1) is 18.2. The van der Waals surface area contributed by atoms with Gasteiger partial charge in [0.05, 0.1) is 18.8 Å². The van der Waals surface area contributed by atoms with Crippen molar-refractivity contribution in [3.8, 4) is 5.75 Å². The van der Waals surface area contributed by atoms with Crippen LogP contribution < -0.4 is 15.0 Å². The van der Waals surface area contributed by atoms with Crippen LogP contribution in [0, 0.1) is 5.82 Å². The zero-order valence-corrected chi connectivity index (χ0v) is 15.1. The maximum atomic E-state index is 13.7. The van der Waals surface area contributed by atoms with Crippen LogP contribution in [0.15, 0.2) is 48.5 Å². The van der Waals surface area contributed by atoms with Gasteiger partial charge in [0.1, 0.15) is 11.6 Å². The van der Waals surface area contributed by atoms with E-state index in [1.165, 1.54) is 6.07 Å². The largest absolute Gasteiger partial charge is 0.497 e. The Morgan fingerprint density at radius 1 is 1.08 bits per heavy atom. The zero-order chi connectivity index (χ0) is 18.5. The van der Waals surface area contributed by atoms with Gasteiger partial charge in [-0.3, -0.25) is 9.69 Å². The highest BCUT2D eigenvalue weighted by molar-refractivity contribution is 5.94.